The number of alkyl halides is 3. The first-order chi connectivity index (χ1) is 12.1. The summed E-state index contributed by atoms with van der Waals surface area (Å²) in [5.74, 6) is -3.57. The van der Waals surface area contributed by atoms with Crippen molar-refractivity contribution >= 4 is 29.4 Å². The maximum Gasteiger partial charge on any atom is 0.446 e. The van der Waals surface area contributed by atoms with Gasteiger partial charge in [0.25, 0.3) is 5.91 Å². The number of thioether (sulfide) groups is 1. The molecule has 0 aromatic heterocycles. The molecular weight excluding hydrogens is 379 g/mol. The summed E-state index contributed by atoms with van der Waals surface area (Å²) in [5.41, 5.74) is -4.93. The molecule has 0 spiro atoms. The van der Waals surface area contributed by atoms with Gasteiger partial charge in [0.15, 0.2) is 0 Å². The first kappa shape index (κ1) is 19.7. The molecule has 0 aliphatic rings. The second kappa shape index (κ2) is 7.73. The first-order valence-corrected chi connectivity index (χ1v) is 7.81. The molecule has 0 fully saturated rings. The number of carbonyl (C=O) groups is 2. The van der Waals surface area contributed by atoms with Crippen LogP contribution >= 0.6 is 11.8 Å². The summed E-state index contributed by atoms with van der Waals surface area (Å²) in [6, 6.07) is 5.25. The van der Waals surface area contributed by atoms with Crippen LogP contribution < -0.4 is 10.6 Å². The zero-order chi connectivity index (χ0) is 19.5. The van der Waals surface area contributed by atoms with Crippen LogP contribution in [-0.2, 0) is 0 Å². The van der Waals surface area contributed by atoms with Crippen molar-refractivity contribution in [2.24, 2.45) is 0 Å². The minimum absolute atomic E-state index is 0.0783. The highest BCUT2D eigenvalue weighted by molar-refractivity contribution is 8.00. The molecule has 10 heteroatoms. The van der Waals surface area contributed by atoms with Gasteiger partial charge in [-0.05, 0) is 54.6 Å². The highest BCUT2D eigenvalue weighted by Gasteiger charge is 2.29. The Morgan fingerprint density at radius 2 is 1.65 bits per heavy atom. The molecule has 0 bridgehead atoms. The van der Waals surface area contributed by atoms with E-state index in [-0.39, 0.29) is 22.3 Å². The topological polar surface area (TPSA) is 58.2 Å². The minimum atomic E-state index is -4.45. The lowest BCUT2D eigenvalue weighted by atomic mass is 10.2. The smallest absolute Gasteiger partial charge is 0.307 e. The fraction of sp³-hybridized carbons (Fsp3) is 0.125. The van der Waals surface area contributed by atoms with E-state index in [1.807, 2.05) is 0 Å². The minimum Gasteiger partial charge on any atom is -0.307 e. The molecule has 2 aromatic carbocycles. The van der Waals surface area contributed by atoms with Crippen LogP contribution in [0, 0.1) is 18.6 Å². The van der Waals surface area contributed by atoms with Gasteiger partial charge in [-0.2, -0.15) is 13.2 Å². The van der Waals surface area contributed by atoms with Gasteiger partial charge in [-0.25, -0.2) is 13.6 Å². The Balaban J connectivity index is 2.07. The van der Waals surface area contributed by atoms with E-state index >= 15 is 0 Å². The van der Waals surface area contributed by atoms with E-state index in [9.17, 15) is 31.5 Å². The van der Waals surface area contributed by atoms with Gasteiger partial charge in [0.2, 0.25) is 0 Å². The fourth-order valence-corrected chi connectivity index (χ4v) is 2.65. The monoisotopic (exact) mass is 390 g/mol. The Labute approximate surface area is 148 Å². The molecule has 0 radical (unpaired) electrons. The van der Waals surface area contributed by atoms with Crippen LogP contribution in [0.25, 0.3) is 0 Å². The van der Waals surface area contributed by atoms with Crippen molar-refractivity contribution in [3.8, 4) is 0 Å². The SMILES string of the molecule is Cc1cc(SC(F)(F)F)ccc1NC(=O)NC(=O)c1c(F)cccc1F. The van der Waals surface area contributed by atoms with E-state index in [1.165, 1.54) is 19.1 Å². The molecule has 2 N–H and O–H groups in total. The number of hydrogen-bond donors (Lipinski definition) is 2. The van der Waals surface area contributed by atoms with Crippen molar-refractivity contribution in [2.75, 3.05) is 5.32 Å². The largest absolute Gasteiger partial charge is 0.446 e. The lowest BCUT2D eigenvalue weighted by molar-refractivity contribution is -0.0328. The molecule has 138 valence electrons. The molecule has 0 unspecified atom stereocenters. The summed E-state index contributed by atoms with van der Waals surface area (Å²) in [5, 5.41) is 3.99. The number of rotatable bonds is 3. The molecule has 0 saturated heterocycles. The Hall–Kier alpha value is -2.62. The Morgan fingerprint density at radius 1 is 1.04 bits per heavy atom. The Kier molecular flexibility index (Phi) is 5.86. The average Bonchev–Trinajstić information content (AvgIpc) is 2.48. The van der Waals surface area contributed by atoms with Crippen molar-refractivity contribution in [1.82, 2.24) is 5.32 Å². The van der Waals surface area contributed by atoms with E-state index in [0.717, 1.165) is 24.3 Å². The number of nitrogens with one attached hydrogen (secondary N) is 2. The molecule has 0 aliphatic heterocycles. The third-order valence-corrected chi connectivity index (χ3v) is 3.82. The molecule has 0 heterocycles. The highest BCUT2D eigenvalue weighted by Crippen LogP contribution is 2.37. The number of halogens is 5. The van der Waals surface area contributed by atoms with Crippen molar-refractivity contribution in [3.05, 3.63) is 59.2 Å². The quantitative estimate of drug-likeness (QED) is 0.582. The van der Waals surface area contributed by atoms with E-state index in [2.05, 4.69) is 5.32 Å². The third-order valence-electron chi connectivity index (χ3n) is 3.10. The van der Waals surface area contributed by atoms with Crippen LogP contribution in [0.5, 0.6) is 0 Å². The second-order valence-corrected chi connectivity index (χ2v) is 6.17. The number of amides is 3. The van der Waals surface area contributed by atoms with Crippen LogP contribution in [0.3, 0.4) is 0 Å². The molecular formula is C16H11F5N2O2S. The van der Waals surface area contributed by atoms with Crippen molar-refractivity contribution in [3.63, 3.8) is 0 Å². The molecule has 0 atom stereocenters. The second-order valence-electron chi connectivity index (χ2n) is 5.03. The van der Waals surface area contributed by atoms with Crippen LogP contribution in [0.1, 0.15) is 15.9 Å². The number of anilines is 1. The van der Waals surface area contributed by atoms with Gasteiger partial charge < -0.3 is 5.32 Å². The van der Waals surface area contributed by atoms with Gasteiger partial charge in [-0.3, -0.25) is 10.1 Å². The summed E-state index contributed by atoms with van der Waals surface area (Å²) >= 11 is -0.312. The summed E-state index contributed by atoms with van der Waals surface area (Å²) in [6.07, 6.45) is 0. The molecule has 2 aromatic rings. The van der Waals surface area contributed by atoms with Crippen LogP contribution in [0.15, 0.2) is 41.3 Å². The maximum absolute atomic E-state index is 13.5. The van der Waals surface area contributed by atoms with Gasteiger partial charge in [0.1, 0.15) is 17.2 Å². The fourth-order valence-electron chi connectivity index (χ4n) is 2.01. The first-order valence-electron chi connectivity index (χ1n) is 6.99. The van der Waals surface area contributed by atoms with E-state index in [1.54, 1.807) is 5.32 Å². The maximum atomic E-state index is 13.5. The standard InChI is InChI=1S/C16H11F5N2O2S/c1-8-7-9(26-16(19,20)21)5-6-12(8)22-15(25)23-14(24)13-10(17)3-2-4-11(13)18/h2-7H,1H3,(H2,22,23,24,25). The lowest BCUT2D eigenvalue weighted by Crippen LogP contribution is -2.35. The van der Waals surface area contributed by atoms with E-state index < -0.39 is 34.6 Å². The van der Waals surface area contributed by atoms with E-state index in [4.69, 9.17) is 0 Å². The van der Waals surface area contributed by atoms with Gasteiger partial charge >= 0.3 is 11.5 Å². The van der Waals surface area contributed by atoms with Gasteiger partial charge in [0.05, 0.1) is 0 Å². The predicted molar refractivity (Wildman–Crippen MR) is 85.9 cm³/mol. The van der Waals surface area contributed by atoms with Crippen molar-refractivity contribution in [2.45, 2.75) is 17.3 Å². The van der Waals surface area contributed by atoms with Gasteiger partial charge in [-0.15, -0.1) is 0 Å². The third kappa shape index (κ3) is 5.19. The number of hydrogen-bond acceptors (Lipinski definition) is 3. The Bertz CT molecular complexity index is 835. The predicted octanol–water partition coefficient (Wildman–Crippen LogP) is 4.85. The molecule has 2 rings (SSSR count). The van der Waals surface area contributed by atoms with E-state index in [0.29, 0.717) is 5.56 Å². The number of aryl methyl sites for hydroxylation is 1. The average molecular weight is 390 g/mol. The van der Waals surface area contributed by atoms with Crippen LogP contribution in [0.4, 0.5) is 32.4 Å². The van der Waals surface area contributed by atoms with Gasteiger partial charge in [-0.1, -0.05) is 6.07 Å². The molecule has 4 nitrogen and oxygen atoms in total. The van der Waals surface area contributed by atoms with Gasteiger partial charge in [0, 0.05) is 10.6 Å². The zero-order valence-electron chi connectivity index (χ0n) is 13.1. The normalized spacial score (nSPS) is 11.2. The summed E-state index contributed by atoms with van der Waals surface area (Å²) in [7, 11) is 0. The molecule has 26 heavy (non-hydrogen) atoms. The van der Waals surface area contributed by atoms with Crippen LogP contribution in [-0.4, -0.2) is 17.4 Å². The summed E-state index contributed by atoms with van der Waals surface area (Å²) in [4.78, 5) is 23.5. The number of carbonyl (C=O) groups excluding carboxylic acids is 2. The summed E-state index contributed by atoms with van der Waals surface area (Å²) in [6.45, 7) is 1.45. The Morgan fingerprint density at radius 3 is 2.19 bits per heavy atom. The summed E-state index contributed by atoms with van der Waals surface area (Å²) < 4.78 is 64.0. The number of urea groups is 1. The molecule has 3 amide bonds. The molecule has 0 aliphatic carbocycles. The van der Waals surface area contributed by atoms with Crippen molar-refractivity contribution in [1.29, 1.82) is 0 Å². The highest BCUT2D eigenvalue weighted by atomic mass is 32.2. The van der Waals surface area contributed by atoms with Crippen LogP contribution in [0.2, 0.25) is 0 Å². The number of benzene rings is 2. The van der Waals surface area contributed by atoms with Crippen molar-refractivity contribution < 1.29 is 31.5 Å². The zero-order valence-corrected chi connectivity index (χ0v) is 13.9. The lowest BCUT2D eigenvalue weighted by Gasteiger charge is -2.12. The number of imide groups is 1. The molecule has 0 saturated carbocycles.